The normalized spacial score (nSPS) is 24.4. The number of anilines is 2. The molecule has 3 aromatic heterocycles. The summed E-state index contributed by atoms with van der Waals surface area (Å²) in [6, 6.07) is 10.7. The van der Waals surface area contributed by atoms with Crippen molar-refractivity contribution in [3.63, 3.8) is 0 Å². The van der Waals surface area contributed by atoms with E-state index in [2.05, 4.69) is 57.0 Å². The van der Waals surface area contributed by atoms with Crippen molar-refractivity contribution in [2.75, 3.05) is 55.6 Å². The molecule has 0 unspecified atom stereocenters. The van der Waals surface area contributed by atoms with E-state index in [9.17, 15) is 4.79 Å². The smallest absolute Gasteiger partial charge is 0.254 e. The number of aromatic nitrogens is 3. The average molecular weight is 518 g/mol. The highest BCUT2D eigenvalue weighted by atomic mass is 16.5. The molecule has 202 valence electrons. The van der Waals surface area contributed by atoms with Crippen LogP contribution >= 0.6 is 0 Å². The molecule has 1 N–H and O–H groups in total. The Balaban J connectivity index is 1.14. The van der Waals surface area contributed by atoms with Gasteiger partial charge in [-0.2, -0.15) is 0 Å². The van der Waals surface area contributed by atoms with Gasteiger partial charge in [-0.05, 0) is 51.5 Å². The summed E-state index contributed by atoms with van der Waals surface area (Å²) in [6.07, 6.45) is 1.93. The minimum Gasteiger partial charge on any atom is -0.370 e. The van der Waals surface area contributed by atoms with Gasteiger partial charge >= 0.3 is 0 Å². The standard InChI is InChI=1S/C29H39N7O2/c1-19(2)36-28(37)14-26(24-6-5-9-30-29(24)36)35-16-20(3)38-22(18-35)17-33-10-12-34(13-11-33)27-8-7-23-21(4)31-15-25(23)32-27/h5-9,14,19-22,31H,10-13,15-18H2,1-4H3/t20-,21-,22+/m1/s1. The van der Waals surface area contributed by atoms with Crippen LogP contribution in [0.4, 0.5) is 11.5 Å². The topological polar surface area (TPSA) is 78.8 Å². The molecule has 6 rings (SSSR count). The molecule has 9 nitrogen and oxygen atoms in total. The third-order valence-corrected chi connectivity index (χ3v) is 8.17. The molecule has 0 aromatic carbocycles. The first-order chi connectivity index (χ1) is 18.4. The zero-order valence-electron chi connectivity index (χ0n) is 22.9. The van der Waals surface area contributed by atoms with Gasteiger partial charge in [0.15, 0.2) is 0 Å². The highest BCUT2D eigenvalue weighted by molar-refractivity contribution is 5.89. The Kier molecular flexibility index (Phi) is 6.84. The van der Waals surface area contributed by atoms with Crippen molar-refractivity contribution in [1.82, 2.24) is 24.8 Å². The van der Waals surface area contributed by atoms with Crippen LogP contribution in [-0.4, -0.2) is 77.5 Å². The molecule has 3 aliphatic heterocycles. The lowest BCUT2D eigenvalue weighted by molar-refractivity contribution is -0.0327. The maximum absolute atomic E-state index is 13.1. The van der Waals surface area contributed by atoms with Crippen molar-refractivity contribution in [2.45, 2.75) is 58.5 Å². The molecule has 0 saturated carbocycles. The molecule has 2 saturated heterocycles. The molecular formula is C29H39N7O2. The minimum atomic E-state index is -0.00146. The van der Waals surface area contributed by atoms with E-state index < -0.39 is 0 Å². The van der Waals surface area contributed by atoms with Crippen molar-refractivity contribution in [3.8, 4) is 0 Å². The van der Waals surface area contributed by atoms with Crippen LogP contribution in [0.2, 0.25) is 0 Å². The van der Waals surface area contributed by atoms with Gasteiger partial charge < -0.3 is 19.9 Å². The zero-order chi connectivity index (χ0) is 26.4. The molecule has 2 fully saturated rings. The van der Waals surface area contributed by atoms with E-state index in [4.69, 9.17) is 9.72 Å². The second-order valence-corrected chi connectivity index (χ2v) is 11.3. The summed E-state index contributed by atoms with van der Waals surface area (Å²) >= 11 is 0. The lowest BCUT2D eigenvalue weighted by atomic mass is 10.1. The molecule has 6 heterocycles. The van der Waals surface area contributed by atoms with Gasteiger partial charge in [0.2, 0.25) is 0 Å². The van der Waals surface area contributed by atoms with E-state index in [0.717, 1.165) is 74.9 Å². The molecule has 0 amide bonds. The van der Waals surface area contributed by atoms with Crippen molar-refractivity contribution >= 4 is 22.5 Å². The van der Waals surface area contributed by atoms with Crippen LogP contribution in [-0.2, 0) is 11.3 Å². The number of hydrogen-bond acceptors (Lipinski definition) is 8. The Hall–Kier alpha value is -3.01. The molecule has 0 spiro atoms. The number of fused-ring (bicyclic) bond motifs is 2. The van der Waals surface area contributed by atoms with Crippen LogP contribution in [0, 0.1) is 0 Å². The van der Waals surface area contributed by atoms with Crippen molar-refractivity contribution < 1.29 is 4.74 Å². The molecule has 0 radical (unpaired) electrons. The van der Waals surface area contributed by atoms with E-state index in [1.165, 1.54) is 11.3 Å². The highest BCUT2D eigenvalue weighted by Crippen LogP contribution is 2.29. The Labute approximate surface area is 224 Å². The second kappa shape index (κ2) is 10.3. The van der Waals surface area contributed by atoms with Crippen molar-refractivity contribution in [2.24, 2.45) is 0 Å². The van der Waals surface area contributed by atoms with Gasteiger partial charge in [-0.25, -0.2) is 9.97 Å². The molecule has 0 aliphatic carbocycles. The summed E-state index contributed by atoms with van der Waals surface area (Å²) in [4.78, 5) is 29.9. The first-order valence-corrected chi connectivity index (χ1v) is 14.0. The van der Waals surface area contributed by atoms with Gasteiger partial charge in [0.25, 0.3) is 5.56 Å². The number of nitrogens with zero attached hydrogens (tertiary/aromatic N) is 6. The van der Waals surface area contributed by atoms with Crippen LogP contribution in [0.5, 0.6) is 0 Å². The lowest BCUT2D eigenvalue weighted by Crippen LogP contribution is -2.54. The number of nitrogens with one attached hydrogen (secondary N) is 1. The zero-order valence-corrected chi connectivity index (χ0v) is 22.9. The number of morpholine rings is 1. The first-order valence-electron chi connectivity index (χ1n) is 14.0. The molecule has 3 aliphatic rings. The lowest BCUT2D eigenvalue weighted by Gasteiger charge is -2.42. The number of pyridine rings is 3. The van der Waals surface area contributed by atoms with Crippen LogP contribution in [0.1, 0.15) is 51.0 Å². The summed E-state index contributed by atoms with van der Waals surface area (Å²) in [5.41, 5.74) is 4.23. The number of piperazine rings is 1. The largest absolute Gasteiger partial charge is 0.370 e. The molecule has 9 heteroatoms. The summed E-state index contributed by atoms with van der Waals surface area (Å²) in [5.74, 6) is 1.09. The number of rotatable bonds is 5. The molecular weight excluding hydrogens is 478 g/mol. The Morgan fingerprint density at radius 1 is 1.08 bits per heavy atom. The van der Waals surface area contributed by atoms with Gasteiger partial charge in [-0.15, -0.1) is 0 Å². The average Bonchev–Trinajstić information content (AvgIpc) is 3.28. The van der Waals surface area contributed by atoms with Gasteiger partial charge in [0.1, 0.15) is 11.5 Å². The third kappa shape index (κ3) is 4.79. The molecule has 38 heavy (non-hydrogen) atoms. The van der Waals surface area contributed by atoms with E-state index in [-0.39, 0.29) is 23.8 Å². The monoisotopic (exact) mass is 517 g/mol. The van der Waals surface area contributed by atoms with E-state index in [0.29, 0.717) is 6.04 Å². The SMILES string of the molecule is CC(C)n1c(=O)cc(N2C[C@H](CN3CCN(c4ccc5c(n4)CN[C@@H]5C)CC3)O[C@H](C)C2)c2cccnc21. The Morgan fingerprint density at radius 3 is 2.68 bits per heavy atom. The minimum absolute atomic E-state index is 0.00146. The van der Waals surface area contributed by atoms with Crippen molar-refractivity contribution in [1.29, 1.82) is 0 Å². The third-order valence-electron chi connectivity index (χ3n) is 8.17. The summed E-state index contributed by atoms with van der Waals surface area (Å²) in [7, 11) is 0. The van der Waals surface area contributed by atoms with E-state index in [1.54, 1.807) is 16.8 Å². The predicted octanol–water partition coefficient (Wildman–Crippen LogP) is 2.95. The van der Waals surface area contributed by atoms with Crippen LogP contribution < -0.4 is 20.7 Å². The van der Waals surface area contributed by atoms with E-state index in [1.807, 2.05) is 19.9 Å². The number of hydrogen-bond donors (Lipinski definition) is 1. The van der Waals surface area contributed by atoms with Gasteiger partial charge in [-0.1, -0.05) is 6.07 Å². The summed E-state index contributed by atoms with van der Waals surface area (Å²) in [5, 5.41) is 4.50. The van der Waals surface area contributed by atoms with Crippen LogP contribution in [0.15, 0.2) is 41.3 Å². The summed E-state index contributed by atoms with van der Waals surface area (Å²) < 4.78 is 8.19. The fourth-order valence-electron chi connectivity index (χ4n) is 6.28. The molecule has 0 bridgehead atoms. The molecule has 3 aromatic rings. The fraction of sp³-hybridized carbons (Fsp3) is 0.552. The second-order valence-electron chi connectivity index (χ2n) is 11.3. The highest BCUT2D eigenvalue weighted by Gasteiger charge is 2.30. The van der Waals surface area contributed by atoms with Crippen LogP contribution in [0.25, 0.3) is 11.0 Å². The fourth-order valence-corrected chi connectivity index (χ4v) is 6.28. The van der Waals surface area contributed by atoms with Crippen molar-refractivity contribution in [3.05, 3.63) is 58.1 Å². The Bertz CT molecular complexity index is 1360. The summed E-state index contributed by atoms with van der Waals surface area (Å²) in [6.45, 7) is 15.5. The van der Waals surface area contributed by atoms with Gasteiger partial charge in [-0.3, -0.25) is 14.3 Å². The maximum atomic E-state index is 13.1. The number of ether oxygens (including phenoxy) is 1. The first kappa shape index (κ1) is 25.3. The Morgan fingerprint density at radius 2 is 1.89 bits per heavy atom. The maximum Gasteiger partial charge on any atom is 0.254 e. The van der Waals surface area contributed by atoms with Gasteiger partial charge in [0.05, 0.1) is 23.6 Å². The van der Waals surface area contributed by atoms with Gasteiger partial charge in [0, 0.05) is 82.1 Å². The predicted molar refractivity (Wildman–Crippen MR) is 151 cm³/mol. The molecule has 3 atom stereocenters. The van der Waals surface area contributed by atoms with Crippen LogP contribution in [0.3, 0.4) is 0 Å². The van der Waals surface area contributed by atoms with E-state index >= 15 is 0 Å². The quantitative estimate of drug-likeness (QED) is 0.554.